The molecule has 7 heteroatoms. The number of benzene rings is 2. The number of carbonyl (C=O) groups is 2. The van der Waals surface area contributed by atoms with E-state index in [2.05, 4.69) is 34.9 Å². The molecule has 2 aromatic carbocycles. The molecule has 0 atom stereocenters. The molecule has 2 aromatic rings. The van der Waals surface area contributed by atoms with Crippen LogP contribution in [0.4, 0.5) is 11.4 Å². The minimum absolute atomic E-state index is 0. The van der Waals surface area contributed by atoms with Crippen LogP contribution in [0.2, 0.25) is 0 Å². The Labute approximate surface area is 214 Å². The van der Waals surface area contributed by atoms with Gasteiger partial charge in [0.05, 0.1) is 0 Å². The summed E-state index contributed by atoms with van der Waals surface area (Å²) in [5.41, 5.74) is 1.22. The van der Waals surface area contributed by atoms with Gasteiger partial charge < -0.3 is 20.8 Å². The first-order valence-corrected chi connectivity index (χ1v) is 9.93. The first-order chi connectivity index (χ1) is 15.4. The van der Waals surface area contributed by atoms with E-state index in [1.807, 2.05) is 24.3 Å². The molecular formula is C26H28N2O4Zr. The van der Waals surface area contributed by atoms with Crippen molar-refractivity contribution < 1.29 is 46.0 Å². The normalized spacial score (nSPS) is 11.5. The number of nitrogens with one attached hydrogen (secondary N) is 2. The van der Waals surface area contributed by atoms with Gasteiger partial charge in [0.25, 0.3) is 0 Å². The number of rotatable bonds is 2. The average Bonchev–Trinajstić information content (AvgIpc) is 3.47. The summed E-state index contributed by atoms with van der Waals surface area (Å²) < 4.78 is 0. The third kappa shape index (κ3) is 17.1. The number of aromatic hydroxyl groups is 2. The molecule has 0 saturated carbocycles. The van der Waals surface area contributed by atoms with E-state index in [4.69, 9.17) is 10.2 Å². The number of phenols is 2. The van der Waals surface area contributed by atoms with Crippen molar-refractivity contribution in [3.63, 3.8) is 0 Å². The summed E-state index contributed by atoms with van der Waals surface area (Å²) in [7, 11) is 0. The minimum Gasteiger partial charge on any atom is -0.508 e. The quantitative estimate of drug-likeness (QED) is 0.401. The standard InChI is InChI=1S/2C8H9NO2.2C5H5.Zr/c2*1-6(10)9-7-3-2-4-8(11)5-7;2*1-2-4-5-3-1;/h2*2-5,11H,1H3,(H,9,10);2*1-3H,4H2;/q;;2*-1;+2. The molecule has 0 spiro atoms. The van der Waals surface area contributed by atoms with Gasteiger partial charge in [-0.1, -0.05) is 12.1 Å². The molecule has 0 unspecified atom stereocenters. The van der Waals surface area contributed by atoms with Crippen molar-refractivity contribution in [2.45, 2.75) is 26.7 Å². The first-order valence-electron chi connectivity index (χ1n) is 9.93. The van der Waals surface area contributed by atoms with Gasteiger partial charge in [-0.25, -0.2) is 24.3 Å². The number of hydrogen-bond acceptors (Lipinski definition) is 4. The fourth-order valence-corrected chi connectivity index (χ4v) is 2.25. The van der Waals surface area contributed by atoms with Gasteiger partial charge in [-0.3, -0.25) is 21.7 Å². The predicted octanol–water partition coefficient (Wildman–Crippen LogP) is 5.31. The Kier molecular flexibility index (Phi) is 16.6. The third-order valence-corrected chi connectivity index (χ3v) is 3.50. The molecule has 0 bridgehead atoms. The van der Waals surface area contributed by atoms with Crippen molar-refractivity contribution in [2.75, 3.05) is 10.6 Å². The summed E-state index contributed by atoms with van der Waals surface area (Å²) >= 11 is 0. The van der Waals surface area contributed by atoms with E-state index in [1.54, 1.807) is 36.4 Å². The molecule has 4 rings (SSSR count). The maximum Gasteiger partial charge on any atom is 2.00 e. The third-order valence-electron chi connectivity index (χ3n) is 3.50. The molecule has 2 amide bonds. The van der Waals surface area contributed by atoms with Gasteiger partial charge in [-0.2, -0.15) is 12.2 Å². The molecule has 33 heavy (non-hydrogen) atoms. The van der Waals surface area contributed by atoms with E-state index in [0.29, 0.717) is 11.4 Å². The Morgan fingerprint density at radius 2 is 1.15 bits per heavy atom. The van der Waals surface area contributed by atoms with Crippen LogP contribution in [0.25, 0.3) is 0 Å². The van der Waals surface area contributed by atoms with E-state index in [-0.39, 0.29) is 49.5 Å². The Bertz CT molecular complexity index is 882. The van der Waals surface area contributed by atoms with Crippen LogP contribution < -0.4 is 10.6 Å². The summed E-state index contributed by atoms with van der Waals surface area (Å²) in [6.07, 6.45) is 20.0. The van der Waals surface area contributed by atoms with Crippen molar-refractivity contribution in [3.8, 4) is 11.5 Å². The van der Waals surface area contributed by atoms with Gasteiger partial charge in [-0.05, 0) is 24.3 Å². The molecular weight excluding hydrogens is 496 g/mol. The Hall–Kier alpha value is -3.18. The smallest absolute Gasteiger partial charge is 0.508 e. The van der Waals surface area contributed by atoms with Gasteiger partial charge >= 0.3 is 26.2 Å². The number of carbonyl (C=O) groups excluding carboxylic acids is 2. The zero-order valence-electron chi connectivity index (χ0n) is 18.7. The van der Waals surface area contributed by atoms with Gasteiger partial charge in [0, 0.05) is 37.4 Å². The maximum absolute atomic E-state index is 10.5. The second kappa shape index (κ2) is 18.4. The number of amides is 2. The molecule has 0 radical (unpaired) electrons. The Morgan fingerprint density at radius 1 is 0.758 bits per heavy atom. The van der Waals surface area contributed by atoms with Crippen LogP contribution in [0, 0.1) is 12.2 Å². The van der Waals surface area contributed by atoms with Crippen LogP contribution in [0.1, 0.15) is 26.7 Å². The van der Waals surface area contributed by atoms with Crippen molar-refractivity contribution >= 4 is 23.2 Å². The molecule has 0 aromatic heterocycles. The van der Waals surface area contributed by atoms with Gasteiger partial charge in [0.1, 0.15) is 11.5 Å². The van der Waals surface area contributed by atoms with Crippen molar-refractivity contribution in [1.82, 2.24) is 0 Å². The van der Waals surface area contributed by atoms with Crippen LogP contribution in [-0.2, 0) is 35.8 Å². The number of anilines is 2. The fraction of sp³-hybridized carbons (Fsp3) is 0.154. The molecule has 0 aliphatic heterocycles. The average molecular weight is 524 g/mol. The van der Waals surface area contributed by atoms with E-state index >= 15 is 0 Å². The Balaban J connectivity index is 0.000000434. The van der Waals surface area contributed by atoms with E-state index in [0.717, 1.165) is 12.8 Å². The monoisotopic (exact) mass is 522 g/mol. The van der Waals surface area contributed by atoms with Crippen LogP contribution in [0.15, 0.2) is 85.0 Å². The van der Waals surface area contributed by atoms with Crippen molar-refractivity contribution in [1.29, 1.82) is 0 Å². The zero-order chi connectivity index (χ0) is 23.6. The van der Waals surface area contributed by atoms with Crippen LogP contribution in [-0.4, -0.2) is 22.0 Å². The van der Waals surface area contributed by atoms with Gasteiger partial charge in [0.2, 0.25) is 11.8 Å². The molecule has 4 N–H and O–H groups in total. The largest absolute Gasteiger partial charge is 2.00 e. The zero-order valence-corrected chi connectivity index (χ0v) is 21.2. The minimum atomic E-state index is -0.143. The number of allylic oxidation sites excluding steroid dienone is 8. The molecule has 170 valence electrons. The SMILES string of the molecule is CC(=O)Nc1cccc(O)c1.CC(=O)Nc1cccc(O)c1.[C-]1=CC=CC1.[C-]1=CC=CC1.[Zr+2]. The van der Waals surface area contributed by atoms with Crippen LogP contribution in [0.3, 0.4) is 0 Å². The summed E-state index contributed by atoms with van der Waals surface area (Å²) in [5, 5.41) is 23.0. The van der Waals surface area contributed by atoms with Crippen LogP contribution >= 0.6 is 0 Å². The fourth-order valence-electron chi connectivity index (χ4n) is 2.25. The second-order valence-corrected chi connectivity index (χ2v) is 6.47. The number of phenolic OH excluding ortho intramolecular Hbond substituents is 2. The second-order valence-electron chi connectivity index (χ2n) is 6.47. The van der Waals surface area contributed by atoms with Gasteiger partial charge in [-0.15, -0.1) is 12.8 Å². The molecule has 2 aliphatic rings. The summed E-state index contributed by atoms with van der Waals surface area (Å²) in [5.74, 6) is 0.0127. The molecule has 0 fully saturated rings. The Morgan fingerprint density at radius 3 is 1.36 bits per heavy atom. The first kappa shape index (κ1) is 29.8. The predicted molar refractivity (Wildman–Crippen MR) is 128 cm³/mol. The van der Waals surface area contributed by atoms with E-state index in [1.165, 1.54) is 26.0 Å². The molecule has 0 saturated heterocycles. The van der Waals surface area contributed by atoms with Crippen molar-refractivity contribution in [2.24, 2.45) is 0 Å². The topological polar surface area (TPSA) is 98.7 Å². The summed E-state index contributed by atoms with van der Waals surface area (Å²) in [6.45, 7) is 2.84. The van der Waals surface area contributed by atoms with Crippen LogP contribution in [0.5, 0.6) is 11.5 Å². The molecule has 0 heterocycles. The van der Waals surface area contributed by atoms with Gasteiger partial charge in [0.15, 0.2) is 0 Å². The molecule has 2 aliphatic carbocycles. The number of hydrogen-bond donors (Lipinski definition) is 4. The maximum atomic E-state index is 10.5. The molecule has 6 nitrogen and oxygen atoms in total. The van der Waals surface area contributed by atoms with E-state index in [9.17, 15) is 9.59 Å². The summed E-state index contributed by atoms with van der Waals surface area (Å²) in [6, 6.07) is 12.8. The van der Waals surface area contributed by atoms with Crippen molar-refractivity contribution in [3.05, 3.63) is 97.1 Å². The summed E-state index contributed by atoms with van der Waals surface area (Å²) in [4.78, 5) is 21.1. The van der Waals surface area contributed by atoms with E-state index < -0.39 is 0 Å².